The molecule has 0 aromatic heterocycles. The predicted molar refractivity (Wildman–Crippen MR) is 115 cm³/mol. The number of amides is 2. The lowest BCUT2D eigenvalue weighted by Crippen LogP contribution is -2.27. The average Bonchev–Trinajstić information content (AvgIpc) is 2.75. The highest BCUT2D eigenvalue weighted by Gasteiger charge is 2.20. The fourth-order valence-electron chi connectivity index (χ4n) is 2.84. The number of carbonyl (C=O) groups is 2. The molecule has 1 unspecified atom stereocenters. The minimum atomic E-state index is -0.676. The van der Waals surface area contributed by atoms with Gasteiger partial charge in [0.25, 0.3) is 5.91 Å². The van der Waals surface area contributed by atoms with Gasteiger partial charge >= 0.3 is 0 Å². The van der Waals surface area contributed by atoms with Crippen molar-refractivity contribution in [3.05, 3.63) is 90.2 Å². The Balaban J connectivity index is 1.75. The number of methoxy groups -OCH3 is 1. The van der Waals surface area contributed by atoms with Gasteiger partial charge in [0, 0.05) is 24.2 Å². The van der Waals surface area contributed by atoms with E-state index in [9.17, 15) is 14.0 Å². The van der Waals surface area contributed by atoms with E-state index in [1.807, 2.05) is 30.3 Å². The molecule has 1 atom stereocenters. The first-order valence-corrected chi connectivity index (χ1v) is 9.32. The standard InChI is InChI=1S/C23H22FN3O3/c1-30-15-21(28)25-18-11-13-19(14-12-18)26-22(16-5-3-2-4-6-16)23(29)27-20-9-7-17(24)8-10-20/h2-14,22,26H,15H2,1H3,(H,25,28)(H,27,29). The predicted octanol–water partition coefficient (Wildman–Crippen LogP) is 4.20. The normalized spacial score (nSPS) is 11.4. The zero-order valence-corrected chi connectivity index (χ0v) is 16.4. The van der Waals surface area contributed by atoms with Gasteiger partial charge in [-0.1, -0.05) is 30.3 Å². The highest BCUT2D eigenvalue weighted by Crippen LogP contribution is 2.23. The minimum Gasteiger partial charge on any atom is -0.375 e. The van der Waals surface area contributed by atoms with Gasteiger partial charge in [-0.15, -0.1) is 0 Å². The molecule has 154 valence electrons. The summed E-state index contributed by atoms with van der Waals surface area (Å²) in [6.45, 7) is -0.0281. The number of hydrogen-bond donors (Lipinski definition) is 3. The van der Waals surface area contributed by atoms with E-state index in [0.717, 1.165) is 5.56 Å². The molecule has 3 aromatic rings. The topological polar surface area (TPSA) is 79.5 Å². The van der Waals surface area contributed by atoms with Crippen LogP contribution < -0.4 is 16.0 Å². The molecule has 0 saturated carbocycles. The van der Waals surface area contributed by atoms with Crippen LogP contribution in [-0.2, 0) is 14.3 Å². The fraction of sp³-hybridized carbons (Fsp3) is 0.130. The Kier molecular flexibility index (Phi) is 7.13. The molecule has 0 bridgehead atoms. The molecule has 0 saturated heterocycles. The van der Waals surface area contributed by atoms with Gasteiger partial charge in [0.05, 0.1) is 0 Å². The second kappa shape index (κ2) is 10.2. The molecular formula is C23H22FN3O3. The monoisotopic (exact) mass is 407 g/mol. The molecule has 0 heterocycles. The Bertz CT molecular complexity index is 977. The first-order chi connectivity index (χ1) is 14.5. The summed E-state index contributed by atoms with van der Waals surface area (Å²) >= 11 is 0. The van der Waals surface area contributed by atoms with Crippen LogP contribution >= 0.6 is 0 Å². The molecule has 0 spiro atoms. The van der Waals surface area contributed by atoms with Crippen molar-refractivity contribution in [2.24, 2.45) is 0 Å². The van der Waals surface area contributed by atoms with Crippen LogP contribution in [0, 0.1) is 5.82 Å². The second-order valence-electron chi connectivity index (χ2n) is 6.54. The van der Waals surface area contributed by atoms with Crippen LogP contribution in [0.15, 0.2) is 78.9 Å². The third kappa shape index (κ3) is 5.89. The maximum absolute atomic E-state index is 13.1. The van der Waals surface area contributed by atoms with Crippen molar-refractivity contribution in [3.63, 3.8) is 0 Å². The summed E-state index contributed by atoms with van der Waals surface area (Å²) in [5, 5.41) is 8.72. The Labute approximate surface area is 174 Å². The van der Waals surface area contributed by atoms with Crippen LogP contribution in [0.4, 0.5) is 21.5 Å². The molecule has 3 rings (SSSR count). The number of ether oxygens (including phenoxy) is 1. The largest absolute Gasteiger partial charge is 0.375 e. The smallest absolute Gasteiger partial charge is 0.251 e. The van der Waals surface area contributed by atoms with Crippen molar-refractivity contribution in [1.29, 1.82) is 0 Å². The maximum atomic E-state index is 13.1. The molecule has 3 N–H and O–H groups in total. The Hall–Kier alpha value is -3.71. The van der Waals surface area contributed by atoms with E-state index in [1.165, 1.54) is 31.4 Å². The molecule has 7 heteroatoms. The molecule has 6 nitrogen and oxygen atoms in total. The van der Waals surface area contributed by atoms with E-state index in [-0.39, 0.29) is 24.2 Å². The molecule has 3 aromatic carbocycles. The lowest BCUT2D eigenvalue weighted by Gasteiger charge is -2.20. The highest BCUT2D eigenvalue weighted by atomic mass is 19.1. The van der Waals surface area contributed by atoms with Crippen molar-refractivity contribution >= 4 is 28.9 Å². The van der Waals surface area contributed by atoms with Crippen molar-refractivity contribution in [1.82, 2.24) is 0 Å². The summed E-state index contributed by atoms with van der Waals surface area (Å²) in [5.41, 5.74) is 2.59. The lowest BCUT2D eigenvalue weighted by atomic mass is 10.1. The number of carbonyl (C=O) groups excluding carboxylic acids is 2. The Morgan fingerprint density at radius 2 is 1.40 bits per heavy atom. The molecule has 0 aliphatic carbocycles. The zero-order chi connectivity index (χ0) is 21.3. The molecular weight excluding hydrogens is 385 g/mol. The molecule has 0 fully saturated rings. The first kappa shape index (κ1) is 21.0. The minimum absolute atomic E-state index is 0.0281. The van der Waals surface area contributed by atoms with Crippen LogP contribution in [0.2, 0.25) is 0 Å². The van der Waals surface area contributed by atoms with Gasteiger partial charge in [-0.25, -0.2) is 4.39 Å². The number of anilines is 3. The van der Waals surface area contributed by atoms with Crippen LogP contribution in [0.1, 0.15) is 11.6 Å². The molecule has 0 aliphatic heterocycles. The summed E-state index contributed by atoms with van der Waals surface area (Å²) in [7, 11) is 1.45. The SMILES string of the molecule is COCC(=O)Nc1ccc(NC(C(=O)Nc2ccc(F)cc2)c2ccccc2)cc1. The van der Waals surface area contributed by atoms with E-state index >= 15 is 0 Å². The van der Waals surface area contributed by atoms with Crippen molar-refractivity contribution < 1.29 is 18.7 Å². The molecule has 30 heavy (non-hydrogen) atoms. The number of nitrogens with one attached hydrogen (secondary N) is 3. The van der Waals surface area contributed by atoms with E-state index < -0.39 is 6.04 Å². The summed E-state index contributed by atoms with van der Waals surface area (Å²) in [6, 6.07) is 21.2. The van der Waals surface area contributed by atoms with Crippen molar-refractivity contribution in [2.45, 2.75) is 6.04 Å². The first-order valence-electron chi connectivity index (χ1n) is 9.32. The molecule has 2 amide bonds. The summed E-state index contributed by atoms with van der Waals surface area (Å²) in [5.74, 6) is -0.909. The molecule has 0 aliphatic rings. The lowest BCUT2D eigenvalue weighted by molar-refractivity contribution is -0.119. The van der Waals surface area contributed by atoms with Crippen LogP contribution in [-0.4, -0.2) is 25.5 Å². The van der Waals surface area contributed by atoms with E-state index in [1.54, 1.807) is 24.3 Å². The number of benzene rings is 3. The summed E-state index contributed by atoms with van der Waals surface area (Å²) < 4.78 is 17.9. The van der Waals surface area contributed by atoms with E-state index in [2.05, 4.69) is 16.0 Å². The fourth-order valence-corrected chi connectivity index (χ4v) is 2.84. The number of halogens is 1. The van der Waals surface area contributed by atoms with Gasteiger partial charge in [-0.3, -0.25) is 9.59 Å². The van der Waals surface area contributed by atoms with E-state index in [4.69, 9.17) is 4.74 Å². The van der Waals surface area contributed by atoms with Crippen LogP contribution in [0.3, 0.4) is 0 Å². The quantitative estimate of drug-likeness (QED) is 0.523. The second-order valence-corrected chi connectivity index (χ2v) is 6.54. The average molecular weight is 407 g/mol. The third-order valence-electron chi connectivity index (χ3n) is 4.26. The van der Waals surface area contributed by atoms with Gasteiger partial charge in [-0.2, -0.15) is 0 Å². The van der Waals surface area contributed by atoms with Gasteiger partial charge in [0.2, 0.25) is 5.91 Å². The zero-order valence-electron chi connectivity index (χ0n) is 16.4. The summed E-state index contributed by atoms with van der Waals surface area (Å²) in [6.07, 6.45) is 0. The highest BCUT2D eigenvalue weighted by molar-refractivity contribution is 5.97. The van der Waals surface area contributed by atoms with Gasteiger partial charge < -0.3 is 20.7 Å². The van der Waals surface area contributed by atoms with Gasteiger partial charge in [0.15, 0.2) is 0 Å². The number of hydrogen-bond acceptors (Lipinski definition) is 4. The summed E-state index contributed by atoms with van der Waals surface area (Å²) in [4.78, 5) is 24.6. The van der Waals surface area contributed by atoms with Gasteiger partial charge in [0.1, 0.15) is 18.5 Å². The number of rotatable bonds is 8. The van der Waals surface area contributed by atoms with Gasteiger partial charge in [-0.05, 0) is 54.1 Å². The van der Waals surface area contributed by atoms with Crippen molar-refractivity contribution in [2.75, 3.05) is 29.7 Å². The Morgan fingerprint density at radius 1 is 0.833 bits per heavy atom. The van der Waals surface area contributed by atoms with Crippen LogP contribution in [0.5, 0.6) is 0 Å². The van der Waals surface area contributed by atoms with Crippen LogP contribution in [0.25, 0.3) is 0 Å². The molecule has 0 radical (unpaired) electrons. The maximum Gasteiger partial charge on any atom is 0.251 e. The van der Waals surface area contributed by atoms with E-state index in [0.29, 0.717) is 17.1 Å². The van der Waals surface area contributed by atoms with Crippen molar-refractivity contribution in [3.8, 4) is 0 Å². The third-order valence-corrected chi connectivity index (χ3v) is 4.26. The Morgan fingerprint density at radius 3 is 2.03 bits per heavy atom.